The van der Waals surface area contributed by atoms with E-state index in [1.807, 2.05) is 0 Å². The molecule has 0 saturated carbocycles. The number of hydrogen-bond acceptors (Lipinski definition) is 4. The van der Waals surface area contributed by atoms with Crippen LogP contribution in [0, 0.1) is 11.3 Å². The zero-order valence-electron chi connectivity index (χ0n) is 5.24. The van der Waals surface area contributed by atoms with Crippen LogP contribution in [0.1, 0.15) is 0 Å². The van der Waals surface area contributed by atoms with E-state index in [9.17, 15) is 0 Å². The summed E-state index contributed by atoms with van der Waals surface area (Å²) in [5.41, 5.74) is -0.0324. The van der Waals surface area contributed by atoms with Crippen LogP contribution in [0.3, 0.4) is 0 Å². The van der Waals surface area contributed by atoms with Crippen molar-refractivity contribution in [2.24, 2.45) is 15.4 Å². The molecule has 0 saturated heterocycles. The van der Waals surface area contributed by atoms with Crippen molar-refractivity contribution in [1.82, 2.24) is 6.15 Å². The molecule has 1 heterocycles. The Kier molecular flexibility index (Phi) is 2.65. The van der Waals surface area contributed by atoms with Gasteiger partial charge in [0.1, 0.15) is 11.8 Å². The van der Waals surface area contributed by atoms with Crippen LogP contribution >= 0.6 is 0 Å². The number of quaternary nitrogens is 1. The van der Waals surface area contributed by atoms with E-state index < -0.39 is 0 Å². The average Bonchev–Trinajstić information content (AvgIpc) is 2.33. The average molecular weight is 136 g/mol. The monoisotopic (exact) mass is 136 g/mol. The van der Waals surface area contributed by atoms with Crippen LogP contribution in [0.2, 0.25) is 0 Å². The Bertz CT molecular complexity index is 273. The maximum absolute atomic E-state index is 8.19. The van der Waals surface area contributed by atoms with E-state index in [1.54, 1.807) is 11.9 Å². The summed E-state index contributed by atoms with van der Waals surface area (Å²) in [6.07, 6.45) is 0. The van der Waals surface area contributed by atoms with Gasteiger partial charge in [0.2, 0.25) is 0 Å². The molecule has 10 heavy (non-hydrogen) atoms. The Hall–Kier alpha value is -1.83. The van der Waals surface area contributed by atoms with Gasteiger partial charge in [0.05, 0.1) is 0 Å². The smallest absolute Gasteiger partial charge is 0.198 e. The predicted molar refractivity (Wildman–Crippen MR) is 35.8 cm³/mol. The Morgan fingerprint density at radius 3 is 2.60 bits per heavy atom. The van der Waals surface area contributed by atoms with Gasteiger partial charge in [-0.15, -0.1) is 10.2 Å². The van der Waals surface area contributed by atoms with Crippen molar-refractivity contribution in [1.29, 1.82) is 5.26 Å². The third-order valence-corrected chi connectivity index (χ3v) is 0.726. The van der Waals surface area contributed by atoms with Gasteiger partial charge in [0, 0.05) is 0 Å². The predicted octanol–water partition coefficient (Wildman–Crippen LogP) is 0.831. The van der Waals surface area contributed by atoms with Crippen LogP contribution in [0.25, 0.3) is 5.41 Å². The molecule has 0 fully saturated rings. The fourth-order valence-corrected chi connectivity index (χ4v) is 0.357. The van der Waals surface area contributed by atoms with E-state index in [1.165, 1.54) is 0 Å². The second kappa shape index (κ2) is 3.25. The largest absolute Gasteiger partial charge is 0.761 e. The molecule has 0 unspecified atom stereocenters. The van der Waals surface area contributed by atoms with E-state index in [0.29, 0.717) is 0 Å². The molecule has 1 rings (SSSR count). The number of nitrogens with zero attached hydrogens (tertiary/aromatic N) is 5. The van der Waals surface area contributed by atoms with Gasteiger partial charge in [-0.05, 0) is 5.22 Å². The summed E-state index contributed by atoms with van der Waals surface area (Å²) in [7, 11) is 0. The first-order valence-electron chi connectivity index (χ1n) is 2.04. The number of rotatable bonds is 0. The van der Waals surface area contributed by atoms with Gasteiger partial charge in [-0.25, -0.2) is 5.87 Å². The molecule has 6 nitrogen and oxygen atoms in total. The molecule has 0 spiro atoms. The minimum absolute atomic E-state index is 0. The van der Waals surface area contributed by atoms with Crippen LogP contribution in [0.5, 0.6) is 0 Å². The lowest BCUT2D eigenvalue weighted by Crippen LogP contribution is -1.91. The lowest BCUT2D eigenvalue weighted by molar-refractivity contribution is 1.10. The first-order valence-corrected chi connectivity index (χ1v) is 2.04. The Balaban J connectivity index is 0.000000810. The van der Waals surface area contributed by atoms with Gasteiger partial charge in [-0.2, -0.15) is 5.26 Å². The normalized spacial score (nSPS) is 13.1. The molecule has 0 aliphatic carbocycles. The third-order valence-electron chi connectivity index (χ3n) is 0.726. The lowest BCUT2D eigenvalue weighted by atomic mass is 10.3. The van der Waals surface area contributed by atoms with Gasteiger partial charge in [0.25, 0.3) is 0 Å². The standard InChI is InChI=1S/C4N5.H3N/c5-1-3-4(2-6)8-9-7-3;/h;1H3/q-1;/p+1. The molecule has 6 heteroatoms. The molecule has 0 atom stereocenters. The molecule has 0 aromatic heterocycles. The van der Waals surface area contributed by atoms with E-state index in [-0.39, 0.29) is 17.6 Å². The number of nitriles is 1. The van der Waals surface area contributed by atoms with Gasteiger partial charge in [-0.1, -0.05) is 0 Å². The molecule has 0 aromatic rings. The summed E-state index contributed by atoms with van der Waals surface area (Å²) in [4.78, 5) is 0. The Morgan fingerprint density at radius 1 is 1.50 bits per heavy atom. The molecule has 50 valence electrons. The zero-order chi connectivity index (χ0) is 6.69. The highest BCUT2D eigenvalue weighted by atomic mass is 15.4. The van der Waals surface area contributed by atoms with E-state index in [4.69, 9.17) is 10.7 Å². The van der Waals surface area contributed by atoms with Crippen molar-refractivity contribution in [2.75, 3.05) is 0 Å². The van der Waals surface area contributed by atoms with Crippen molar-refractivity contribution in [3.63, 3.8) is 0 Å². The van der Waals surface area contributed by atoms with E-state index in [2.05, 4.69) is 15.4 Å². The third kappa shape index (κ3) is 1.11. The molecule has 1 aliphatic rings. The maximum atomic E-state index is 8.19. The number of hydrogen-bond donors (Lipinski definition) is 1. The minimum Gasteiger partial charge on any atom is -0.761 e. The van der Waals surface area contributed by atoms with Crippen molar-refractivity contribution < 1.29 is 0 Å². The summed E-state index contributed by atoms with van der Waals surface area (Å²) >= 11 is 0. The summed E-state index contributed by atoms with van der Waals surface area (Å²) < 4.78 is 0. The molecular formula is C4H4N6. The maximum Gasteiger partial charge on any atom is 0.198 e. The van der Waals surface area contributed by atoms with Crippen LogP contribution in [-0.4, -0.2) is 11.6 Å². The molecule has 0 bridgehead atoms. The van der Waals surface area contributed by atoms with E-state index >= 15 is 0 Å². The molecule has 4 N–H and O–H groups in total. The summed E-state index contributed by atoms with van der Waals surface area (Å²) in [5, 5.41) is 26.0. The van der Waals surface area contributed by atoms with Crippen molar-refractivity contribution in [3.8, 4) is 6.07 Å². The van der Waals surface area contributed by atoms with Crippen molar-refractivity contribution in [3.05, 3.63) is 11.1 Å². The molecule has 0 aromatic carbocycles. The van der Waals surface area contributed by atoms with E-state index in [0.717, 1.165) is 0 Å². The molecule has 0 radical (unpaired) electrons. The summed E-state index contributed by atoms with van der Waals surface area (Å²) in [6.45, 7) is 0. The highest BCUT2D eigenvalue weighted by Gasteiger charge is 2.07. The van der Waals surface area contributed by atoms with Crippen LogP contribution in [0.4, 0.5) is 0 Å². The Labute approximate surface area is 56.7 Å². The SMILES string of the molecule is N#CC1=NN=NC1=C=[N-].[NH4+]. The highest BCUT2D eigenvalue weighted by molar-refractivity contribution is 6.16. The van der Waals surface area contributed by atoms with Crippen molar-refractivity contribution >= 4 is 11.6 Å². The quantitative estimate of drug-likeness (QED) is 0.487. The highest BCUT2D eigenvalue weighted by Crippen LogP contribution is 2.04. The first-order chi connectivity index (χ1) is 4.38. The fourth-order valence-electron chi connectivity index (χ4n) is 0.357. The van der Waals surface area contributed by atoms with Crippen LogP contribution in [0.15, 0.2) is 21.1 Å². The second-order valence-corrected chi connectivity index (χ2v) is 1.21. The topological polar surface area (TPSA) is 120 Å². The molecule has 1 aliphatic heterocycles. The molecule has 0 amide bonds. The lowest BCUT2D eigenvalue weighted by Gasteiger charge is -1.80. The molecular weight excluding hydrogens is 132 g/mol. The first kappa shape index (κ1) is 8.17. The summed E-state index contributed by atoms with van der Waals surface area (Å²) in [5.74, 6) is 1.67. The van der Waals surface area contributed by atoms with Crippen molar-refractivity contribution in [2.45, 2.75) is 0 Å². The number of allylic oxidation sites excluding steroid dienone is 1. The second-order valence-electron chi connectivity index (χ2n) is 1.21. The minimum atomic E-state index is -0.0162. The van der Waals surface area contributed by atoms with Gasteiger partial charge < -0.3 is 11.6 Å². The van der Waals surface area contributed by atoms with Gasteiger partial charge >= 0.3 is 0 Å². The van der Waals surface area contributed by atoms with Gasteiger partial charge in [-0.3, -0.25) is 0 Å². The summed E-state index contributed by atoms with van der Waals surface area (Å²) in [6, 6.07) is 1.67. The van der Waals surface area contributed by atoms with Gasteiger partial charge in [0.15, 0.2) is 5.71 Å². The van der Waals surface area contributed by atoms with Crippen LogP contribution < -0.4 is 6.15 Å². The Morgan fingerprint density at radius 2 is 2.20 bits per heavy atom. The zero-order valence-corrected chi connectivity index (χ0v) is 5.24. The van der Waals surface area contributed by atoms with Crippen LogP contribution in [-0.2, 0) is 0 Å². The fraction of sp³-hybridized carbons (Fsp3) is 0.